The molecule has 7 heteroatoms. The summed E-state index contributed by atoms with van der Waals surface area (Å²) < 4.78 is 0.671. The van der Waals surface area contributed by atoms with Crippen LogP contribution in [0.1, 0.15) is 17.8 Å². The maximum Gasteiger partial charge on any atom is 0.311 e. The molecule has 1 unspecified atom stereocenters. The van der Waals surface area contributed by atoms with Gasteiger partial charge in [-0.25, -0.2) is 0 Å². The summed E-state index contributed by atoms with van der Waals surface area (Å²) in [6.45, 7) is 4.45. The molecule has 1 aliphatic heterocycles. The SMILES string of the molecule is CC(NC(=O)C(=O)N1CCNCC1)c1ccc(Cl)s1. The molecule has 0 aromatic carbocycles. The lowest BCUT2D eigenvalue weighted by molar-refractivity contribution is -0.146. The van der Waals surface area contributed by atoms with Gasteiger partial charge in [0.15, 0.2) is 0 Å². The van der Waals surface area contributed by atoms with Crippen molar-refractivity contribution in [3.8, 4) is 0 Å². The van der Waals surface area contributed by atoms with E-state index < -0.39 is 11.8 Å². The second kappa shape index (κ2) is 6.36. The van der Waals surface area contributed by atoms with Gasteiger partial charge in [-0.3, -0.25) is 9.59 Å². The van der Waals surface area contributed by atoms with Crippen molar-refractivity contribution in [2.75, 3.05) is 26.2 Å². The van der Waals surface area contributed by atoms with E-state index in [0.29, 0.717) is 17.4 Å². The summed E-state index contributed by atoms with van der Waals surface area (Å²) in [5, 5.41) is 5.85. The van der Waals surface area contributed by atoms with Crippen molar-refractivity contribution in [2.24, 2.45) is 0 Å². The summed E-state index contributed by atoms with van der Waals surface area (Å²) in [6.07, 6.45) is 0. The lowest BCUT2D eigenvalue weighted by Gasteiger charge is -2.27. The molecule has 1 saturated heterocycles. The number of amides is 2. The summed E-state index contributed by atoms with van der Waals surface area (Å²) in [4.78, 5) is 26.3. The van der Waals surface area contributed by atoms with Crippen LogP contribution in [-0.2, 0) is 9.59 Å². The molecule has 0 radical (unpaired) electrons. The summed E-state index contributed by atoms with van der Waals surface area (Å²) in [5.41, 5.74) is 0. The summed E-state index contributed by atoms with van der Waals surface area (Å²) >= 11 is 7.25. The van der Waals surface area contributed by atoms with Crippen LogP contribution in [0.15, 0.2) is 12.1 Å². The Balaban J connectivity index is 1.91. The van der Waals surface area contributed by atoms with Crippen molar-refractivity contribution in [3.05, 3.63) is 21.3 Å². The molecule has 1 fully saturated rings. The molecule has 5 nitrogen and oxygen atoms in total. The van der Waals surface area contributed by atoms with E-state index in [1.807, 2.05) is 13.0 Å². The zero-order valence-corrected chi connectivity index (χ0v) is 12.2. The summed E-state index contributed by atoms with van der Waals surface area (Å²) in [6, 6.07) is 3.42. The largest absolute Gasteiger partial charge is 0.340 e. The smallest absolute Gasteiger partial charge is 0.311 e. The molecule has 0 saturated carbocycles. The van der Waals surface area contributed by atoms with E-state index in [4.69, 9.17) is 11.6 Å². The number of rotatable bonds is 2. The average molecular weight is 302 g/mol. The Morgan fingerprint density at radius 3 is 2.68 bits per heavy atom. The fourth-order valence-corrected chi connectivity index (χ4v) is 2.97. The Labute approximate surface area is 120 Å². The highest BCUT2D eigenvalue weighted by atomic mass is 35.5. The number of piperazine rings is 1. The highest BCUT2D eigenvalue weighted by molar-refractivity contribution is 7.16. The first-order chi connectivity index (χ1) is 9.08. The number of hydrogen-bond acceptors (Lipinski definition) is 4. The van der Waals surface area contributed by atoms with Gasteiger partial charge in [-0.2, -0.15) is 0 Å². The third kappa shape index (κ3) is 3.68. The van der Waals surface area contributed by atoms with Crippen molar-refractivity contribution in [1.82, 2.24) is 15.5 Å². The monoisotopic (exact) mass is 301 g/mol. The Morgan fingerprint density at radius 1 is 1.42 bits per heavy atom. The molecular formula is C12H16ClN3O2S. The fraction of sp³-hybridized carbons (Fsp3) is 0.500. The van der Waals surface area contributed by atoms with Crippen molar-refractivity contribution >= 4 is 34.8 Å². The molecule has 1 atom stereocenters. The lowest BCUT2D eigenvalue weighted by Crippen LogP contribution is -2.51. The van der Waals surface area contributed by atoms with Gasteiger partial charge in [0, 0.05) is 31.1 Å². The highest BCUT2D eigenvalue weighted by Gasteiger charge is 2.24. The maximum atomic E-state index is 11.9. The van der Waals surface area contributed by atoms with E-state index >= 15 is 0 Å². The predicted molar refractivity (Wildman–Crippen MR) is 75.3 cm³/mol. The van der Waals surface area contributed by atoms with E-state index in [9.17, 15) is 9.59 Å². The van der Waals surface area contributed by atoms with Gasteiger partial charge in [0.2, 0.25) is 0 Å². The third-order valence-corrected chi connectivity index (χ3v) is 4.38. The number of hydrogen-bond donors (Lipinski definition) is 2. The van der Waals surface area contributed by atoms with Crippen LogP contribution in [0.25, 0.3) is 0 Å². The zero-order valence-electron chi connectivity index (χ0n) is 10.6. The third-order valence-electron chi connectivity index (χ3n) is 2.97. The average Bonchev–Trinajstić information content (AvgIpc) is 2.85. The quantitative estimate of drug-likeness (QED) is 0.802. The van der Waals surface area contributed by atoms with Gasteiger partial charge in [-0.1, -0.05) is 11.6 Å². The minimum atomic E-state index is -0.557. The molecule has 1 aliphatic rings. The van der Waals surface area contributed by atoms with Gasteiger partial charge < -0.3 is 15.5 Å². The predicted octanol–water partition coefficient (Wildman–Crippen LogP) is 1.01. The number of halogens is 1. The number of nitrogens with zero attached hydrogens (tertiary/aromatic N) is 1. The van der Waals surface area contributed by atoms with Crippen molar-refractivity contribution in [1.29, 1.82) is 0 Å². The Morgan fingerprint density at radius 2 is 2.11 bits per heavy atom. The van der Waals surface area contributed by atoms with Crippen LogP contribution in [0.4, 0.5) is 0 Å². The van der Waals surface area contributed by atoms with Crippen LogP contribution < -0.4 is 10.6 Å². The first kappa shape index (κ1) is 14.3. The molecular weight excluding hydrogens is 286 g/mol. The van der Waals surface area contributed by atoms with Crippen molar-refractivity contribution in [2.45, 2.75) is 13.0 Å². The fourth-order valence-electron chi connectivity index (χ4n) is 1.90. The lowest BCUT2D eigenvalue weighted by atomic mass is 10.2. The minimum absolute atomic E-state index is 0.211. The van der Waals surface area contributed by atoms with Crippen LogP contribution in [0.3, 0.4) is 0 Å². The highest BCUT2D eigenvalue weighted by Crippen LogP contribution is 2.26. The van der Waals surface area contributed by atoms with E-state index in [1.54, 1.807) is 11.0 Å². The molecule has 2 heterocycles. The van der Waals surface area contributed by atoms with Crippen LogP contribution in [0.2, 0.25) is 4.34 Å². The van der Waals surface area contributed by atoms with Gasteiger partial charge in [0.05, 0.1) is 10.4 Å². The zero-order chi connectivity index (χ0) is 13.8. The Bertz CT molecular complexity index is 471. The van der Waals surface area contributed by atoms with E-state index in [0.717, 1.165) is 18.0 Å². The minimum Gasteiger partial charge on any atom is -0.340 e. The Hall–Kier alpha value is -1.11. The second-order valence-corrected chi connectivity index (χ2v) is 6.13. The summed E-state index contributed by atoms with van der Waals surface area (Å²) in [7, 11) is 0. The van der Waals surface area contributed by atoms with E-state index in [1.165, 1.54) is 11.3 Å². The molecule has 0 bridgehead atoms. The van der Waals surface area contributed by atoms with Gasteiger partial charge in [0.1, 0.15) is 0 Å². The normalized spacial score (nSPS) is 17.1. The van der Waals surface area contributed by atoms with Crippen molar-refractivity contribution in [3.63, 3.8) is 0 Å². The van der Waals surface area contributed by atoms with E-state index in [2.05, 4.69) is 10.6 Å². The van der Waals surface area contributed by atoms with Gasteiger partial charge in [-0.15, -0.1) is 11.3 Å². The number of thiophene rings is 1. The first-order valence-electron chi connectivity index (χ1n) is 6.13. The molecule has 19 heavy (non-hydrogen) atoms. The van der Waals surface area contributed by atoms with Crippen LogP contribution in [0, 0.1) is 0 Å². The van der Waals surface area contributed by atoms with Crippen LogP contribution in [0.5, 0.6) is 0 Å². The van der Waals surface area contributed by atoms with Gasteiger partial charge in [-0.05, 0) is 19.1 Å². The molecule has 0 aliphatic carbocycles. The number of carbonyl (C=O) groups excluding carboxylic acids is 2. The molecule has 2 N–H and O–H groups in total. The Kier molecular flexibility index (Phi) is 4.79. The van der Waals surface area contributed by atoms with Gasteiger partial charge >= 0.3 is 11.8 Å². The number of nitrogens with one attached hydrogen (secondary N) is 2. The molecule has 2 amide bonds. The standard InChI is InChI=1S/C12H16ClN3O2S/c1-8(9-2-3-10(13)19-9)15-11(17)12(18)16-6-4-14-5-7-16/h2-3,8,14H,4-7H2,1H3,(H,15,17). The molecule has 104 valence electrons. The molecule has 0 spiro atoms. The molecule has 1 aromatic heterocycles. The van der Waals surface area contributed by atoms with Gasteiger partial charge in [0.25, 0.3) is 0 Å². The first-order valence-corrected chi connectivity index (χ1v) is 7.33. The summed E-state index contributed by atoms with van der Waals surface area (Å²) in [5.74, 6) is -1.02. The molecule has 1 aromatic rings. The van der Waals surface area contributed by atoms with Crippen LogP contribution >= 0.6 is 22.9 Å². The van der Waals surface area contributed by atoms with E-state index in [-0.39, 0.29) is 6.04 Å². The van der Waals surface area contributed by atoms with Crippen LogP contribution in [-0.4, -0.2) is 42.9 Å². The second-order valence-electron chi connectivity index (χ2n) is 4.38. The van der Waals surface area contributed by atoms with Crippen molar-refractivity contribution < 1.29 is 9.59 Å². The molecule has 2 rings (SSSR count). The topological polar surface area (TPSA) is 61.4 Å². The number of carbonyl (C=O) groups is 2. The maximum absolute atomic E-state index is 11.9.